The summed E-state index contributed by atoms with van der Waals surface area (Å²) in [7, 11) is -0.593. The molecule has 0 saturated carbocycles. The van der Waals surface area contributed by atoms with Crippen LogP contribution in [-0.2, 0) is 10.0 Å². The van der Waals surface area contributed by atoms with Gasteiger partial charge in [0.25, 0.3) is 0 Å². The Bertz CT molecular complexity index is 678. The summed E-state index contributed by atoms with van der Waals surface area (Å²) in [5, 5.41) is 3.43. The molecule has 2 aliphatic heterocycles. The molecule has 1 unspecified atom stereocenters. The second-order valence-corrected chi connectivity index (χ2v) is 8.65. The summed E-state index contributed by atoms with van der Waals surface area (Å²) in [6.45, 7) is 3.06. The first-order valence-corrected chi connectivity index (χ1v) is 9.88. The third-order valence-corrected chi connectivity index (χ3v) is 7.04. The zero-order valence-corrected chi connectivity index (χ0v) is 15.2. The summed E-state index contributed by atoms with van der Waals surface area (Å²) >= 11 is 0. The molecule has 2 fully saturated rings. The molecule has 1 aromatic carbocycles. The van der Waals surface area contributed by atoms with Gasteiger partial charge in [0, 0.05) is 25.7 Å². The topological polar surface area (TPSA) is 67.9 Å². The summed E-state index contributed by atoms with van der Waals surface area (Å²) in [4.78, 5) is 0.185. The molecular weight excluding hydrogens is 328 g/mol. The second-order valence-electron chi connectivity index (χ2n) is 6.74. The standard InChI is InChI=1S/C17H26N2O4S/c1-22-14-5-6-15(23-2)16(11-14)24(20,21)19-10-4-8-17(13-19)7-3-9-18-12-17/h5-6,11,18H,3-4,7-10,12-13H2,1-2H3. The minimum atomic E-state index is -3.61. The van der Waals surface area contributed by atoms with Crippen LogP contribution in [0, 0.1) is 5.41 Å². The van der Waals surface area contributed by atoms with Gasteiger partial charge in [-0.1, -0.05) is 0 Å². The lowest BCUT2D eigenvalue weighted by molar-refractivity contribution is 0.110. The monoisotopic (exact) mass is 354 g/mol. The fraction of sp³-hybridized carbons (Fsp3) is 0.647. The molecule has 2 heterocycles. The Hall–Kier alpha value is -1.31. The van der Waals surface area contributed by atoms with Crippen molar-refractivity contribution in [2.45, 2.75) is 30.6 Å². The molecule has 6 nitrogen and oxygen atoms in total. The van der Waals surface area contributed by atoms with Gasteiger partial charge in [-0.15, -0.1) is 0 Å². The molecule has 2 aliphatic rings. The Balaban J connectivity index is 1.92. The maximum absolute atomic E-state index is 13.2. The molecule has 2 saturated heterocycles. The number of nitrogens with one attached hydrogen (secondary N) is 1. The van der Waals surface area contributed by atoms with Crippen LogP contribution in [0.15, 0.2) is 23.1 Å². The Kier molecular flexibility index (Phi) is 5.03. The summed E-state index contributed by atoms with van der Waals surface area (Å²) < 4.78 is 38.6. The number of ether oxygens (including phenoxy) is 2. The first-order chi connectivity index (χ1) is 11.5. The first kappa shape index (κ1) is 17.5. The number of piperidine rings is 2. The van der Waals surface area contributed by atoms with E-state index in [-0.39, 0.29) is 10.3 Å². The normalized spacial score (nSPS) is 25.6. The molecule has 0 aromatic heterocycles. The molecule has 7 heteroatoms. The average molecular weight is 354 g/mol. The van der Waals surface area contributed by atoms with Gasteiger partial charge in [-0.2, -0.15) is 4.31 Å². The predicted molar refractivity (Wildman–Crippen MR) is 92.1 cm³/mol. The van der Waals surface area contributed by atoms with E-state index in [0.29, 0.717) is 24.6 Å². The molecule has 1 aromatic rings. The Morgan fingerprint density at radius 2 is 1.96 bits per heavy atom. The van der Waals surface area contributed by atoms with E-state index in [2.05, 4.69) is 5.32 Å². The van der Waals surface area contributed by atoms with Gasteiger partial charge in [0.2, 0.25) is 10.0 Å². The number of methoxy groups -OCH3 is 2. The number of nitrogens with zero attached hydrogens (tertiary/aromatic N) is 1. The van der Waals surface area contributed by atoms with E-state index in [1.807, 2.05) is 0 Å². The predicted octanol–water partition coefficient (Wildman–Crippen LogP) is 1.86. The highest BCUT2D eigenvalue weighted by molar-refractivity contribution is 7.89. The maximum Gasteiger partial charge on any atom is 0.246 e. The molecule has 3 rings (SSSR count). The van der Waals surface area contributed by atoms with Gasteiger partial charge in [-0.05, 0) is 49.8 Å². The van der Waals surface area contributed by atoms with Gasteiger partial charge >= 0.3 is 0 Å². The maximum atomic E-state index is 13.2. The molecule has 1 N–H and O–H groups in total. The van der Waals surface area contributed by atoms with E-state index < -0.39 is 10.0 Å². The first-order valence-electron chi connectivity index (χ1n) is 8.44. The third-order valence-electron chi connectivity index (χ3n) is 5.18. The fourth-order valence-electron chi connectivity index (χ4n) is 3.87. The molecule has 0 amide bonds. The molecule has 0 radical (unpaired) electrons. The Morgan fingerprint density at radius 3 is 2.62 bits per heavy atom. The summed E-state index contributed by atoms with van der Waals surface area (Å²) in [5.41, 5.74) is 0.0652. The number of rotatable bonds is 4. The van der Waals surface area contributed by atoms with Crippen molar-refractivity contribution in [2.75, 3.05) is 40.4 Å². The van der Waals surface area contributed by atoms with E-state index in [4.69, 9.17) is 9.47 Å². The fourth-order valence-corrected chi connectivity index (χ4v) is 5.63. The third kappa shape index (κ3) is 3.25. The SMILES string of the molecule is COc1ccc(OC)c(S(=O)(=O)N2CCCC3(CCCNC3)C2)c1. The zero-order chi connectivity index (χ0) is 17.2. The lowest BCUT2D eigenvalue weighted by Gasteiger charge is -2.44. The molecule has 0 aliphatic carbocycles. The van der Waals surface area contributed by atoms with E-state index in [9.17, 15) is 8.42 Å². The summed E-state index contributed by atoms with van der Waals surface area (Å²) in [6.07, 6.45) is 4.17. The van der Waals surface area contributed by atoms with Crippen molar-refractivity contribution >= 4 is 10.0 Å². The minimum Gasteiger partial charge on any atom is -0.497 e. The van der Waals surface area contributed by atoms with Crippen molar-refractivity contribution in [1.29, 1.82) is 0 Å². The van der Waals surface area contributed by atoms with Crippen molar-refractivity contribution in [3.63, 3.8) is 0 Å². The largest absolute Gasteiger partial charge is 0.497 e. The van der Waals surface area contributed by atoms with Gasteiger partial charge in [-0.3, -0.25) is 0 Å². The summed E-state index contributed by atoms with van der Waals surface area (Å²) in [6, 6.07) is 4.91. The average Bonchev–Trinajstić information content (AvgIpc) is 2.61. The van der Waals surface area contributed by atoms with Crippen LogP contribution in [0.1, 0.15) is 25.7 Å². The van der Waals surface area contributed by atoms with Crippen LogP contribution in [0.2, 0.25) is 0 Å². The van der Waals surface area contributed by atoms with Crippen LogP contribution in [-0.4, -0.2) is 53.1 Å². The number of benzene rings is 1. The van der Waals surface area contributed by atoms with Crippen molar-refractivity contribution in [2.24, 2.45) is 5.41 Å². The Labute approximate surface area is 144 Å². The molecule has 24 heavy (non-hydrogen) atoms. The summed E-state index contributed by atoms with van der Waals surface area (Å²) in [5.74, 6) is 0.873. The van der Waals surface area contributed by atoms with Crippen LogP contribution < -0.4 is 14.8 Å². The highest BCUT2D eigenvalue weighted by Gasteiger charge is 2.41. The highest BCUT2D eigenvalue weighted by atomic mass is 32.2. The van der Waals surface area contributed by atoms with Gasteiger partial charge in [0.05, 0.1) is 14.2 Å². The highest BCUT2D eigenvalue weighted by Crippen LogP contribution is 2.39. The van der Waals surface area contributed by atoms with Crippen molar-refractivity contribution in [1.82, 2.24) is 9.62 Å². The van der Waals surface area contributed by atoms with Gasteiger partial charge < -0.3 is 14.8 Å². The van der Waals surface area contributed by atoms with Gasteiger partial charge in [-0.25, -0.2) is 8.42 Å². The van der Waals surface area contributed by atoms with E-state index in [0.717, 1.165) is 38.8 Å². The van der Waals surface area contributed by atoms with E-state index in [1.54, 1.807) is 22.5 Å². The quantitative estimate of drug-likeness (QED) is 0.894. The molecule has 0 bridgehead atoms. The lowest BCUT2D eigenvalue weighted by atomic mass is 9.75. The van der Waals surface area contributed by atoms with Crippen LogP contribution in [0.5, 0.6) is 11.5 Å². The number of hydrogen-bond donors (Lipinski definition) is 1. The molecular formula is C17H26N2O4S. The van der Waals surface area contributed by atoms with Crippen molar-refractivity contribution < 1.29 is 17.9 Å². The van der Waals surface area contributed by atoms with Crippen LogP contribution in [0.25, 0.3) is 0 Å². The number of hydrogen-bond acceptors (Lipinski definition) is 5. The van der Waals surface area contributed by atoms with E-state index in [1.165, 1.54) is 14.2 Å². The van der Waals surface area contributed by atoms with Gasteiger partial charge in [0.1, 0.15) is 16.4 Å². The molecule has 134 valence electrons. The lowest BCUT2D eigenvalue weighted by Crippen LogP contribution is -2.52. The molecule has 1 atom stereocenters. The minimum absolute atomic E-state index is 0.0652. The Morgan fingerprint density at radius 1 is 1.17 bits per heavy atom. The number of sulfonamides is 1. The van der Waals surface area contributed by atoms with Gasteiger partial charge in [0.15, 0.2) is 0 Å². The van der Waals surface area contributed by atoms with Crippen LogP contribution in [0.3, 0.4) is 0 Å². The smallest absolute Gasteiger partial charge is 0.246 e. The van der Waals surface area contributed by atoms with Crippen LogP contribution >= 0.6 is 0 Å². The zero-order valence-electron chi connectivity index (χ0n) is 14.4. The molecule has 1 spiro atoms. The van der Waals surface area contributed by atoms with Crippen LogP contribution in [0.4, 0.5) is 0 Å². The second kappa shape index (κ2) is 6.90. The van der Waals surface area contributed by atoms with Crippen molar-refractivity contribution in [3.8, 4) is 11.5 Å². The van der Waals surface area contributed by atoms with E-state index >= 15 is 0 Å². The van der Waals surface area contributed by atoms with Crippen molar-refractivity contribution in [3.05, 3.63) is 18.2 Å².